The number of nitrogens with zero attached hydrogens (tertiary/aromatic N) is 3. The molecule has 0 spiro atoms. The average molecular weight is 236 g/mol. The van der Waals surface area contributed by atoms with Gasteiger partial charge in [0.1, 0.15) is 6.54 Å². The number of likely N-dealkylation sites (N-methyl/N-ethyl adjacent to an activating group) is 1. The van der Waals surface area contributed by atoms with Crippen molar-refractivity contribution in [1.82, 2.24) is 19.8 Å². The topological polar surface area (TPSA) is 50.2 Å². The molecule has 1 aromatic rings. The van der Waals surface area contributed by atoms with Gasteiger partial charge in [0, 0.05) is 32.4 Å². The number of hydrogen-bond donors (Lipinski definition) is 1. The minimum Gasteiger partial charge on any atom is -0.344 e. The monoisotopic (exact) mass is 236 g/mol. The molecule has 0 radical (unpaired) electrons. The number of imidazole rings is 1. The van der Waals surface area contributed by atoms with Crippen LogP contribution in [-0.4, -0.2) is 40.0 Å². The Morgan fingerprint density at radius 3 is 3.06 bits per heavy atom. The minimum atomic E-state index is 0.117. The highest BCUT2D eigenvalue weighted by Gasteiger charge is 2.20. The SMILES string of the molecule is CCN(C)C(=O)Cn1cnc(CNC2CC2)c1. The van der Waals surface area contributed by atoms with Gasteiger partial charge in [0.15, 0.2) is 0 Å². The molecule has 1 aliphatic rings. The zero-order valence-electron chi connectivity index (χ0n) is 10.5. The fourth-order valence-corrected chi connectivity index (χ4v) is 1.57. The first-order chi connectivity index (χ1) is 8.19. The summed E-state index contributed by atoms with van der Waals surface area (Å²) < 4.78 is 1.85. The molecule has 1 heterocycles. The number of carbonyl (C=O) groups excluding carboxylic acids is 1. The predicted molar refractivity (Wildman–Crippen MR) is 65.4 cm³/mol. The highest BCUT2D eigenvalue weighted by atomic mass is 16.2. The molecule has 0 bridgehead atoms. The number of rotatable bonds is 6. The average Bonchev–Trinajstić information content (AvgIpc) is 3.06. The van der Waals surface area contributed by atoms with Gasteiger partial charge in [-0.05, 0) is 19.8 Å². The quantitative estimate of drug-likeness (QED) is 0.787. The van der Waals surface area contributed by atoms with Crippen molar-refractivity contribution in [3.8, 4) is 0 Å². The third kappa shape index (κ3) is 3.56. The second-order valence-electron chi connectivity index (χ2n) is 4.60. The van der Waals surface area contributed by atoms with Crippen LogP contribution >= 0.6 is 0 Å². The van der Waals surface area contributed by atoms with Crippen molar-refractivity contribution >= 4 is 5.91 Å². The van der Waals surface area contributed by atoms with Crippen molar-refractivity contribution in [3.05, 3.63) is 18.2 Å². The molecule has 5 nitrogen and oxygen atoms in total. The van der Waals surface area contributed by atoms with Crippen LogP contribution in [0, 0.1) is 0 Å². The first kappa shape index (κ1) is 12.1. The first-order valence-electron chi connectivity index (χ1n) is 6.17. The Morgan fingerprint density at radius 2 is 2.41 bits per heavy atom. The lowest BCUT2D eigenvalue weighted by Gasteiger charge is -2.14. The van der Waals surface area contributed by atoms with Crippen LogP contribution in [0.4, 0.5) is 0 Å². The summed E-state index contributed by atoms with van der Waals surface area (Å²) in [5.74, 6) is 0.117. The molecule has 0 aliphatic heterocycles. The largest absolute Gasteiger partial charge is 0.344 e. The van der Waals surface area contributed by atoms with Gasteiger partial charge >= 0.3 is 0 Å². The van der Waals surface area contributed by atoms with Crippen LogP contribution in [0.2, 0.25) is 0 Å². The molecule has 0 unspecified atom stereocenters. The molecule has 94 valence electrons. The lowest BCUT2D eigenvalue weighted by molar-refractivity contribution is -0.130. The Labute approximate surface area is 102 Å². The molecule has 1 N–H and O–H groups in total. The van der Waals surface area contributed by atoms with Crippen molar-refractivity contribution < 1.29 is 4.79 Å². The van der Waals surface area contributed by atoms with Crippen LogP contribution in [0.15, 0.2) is 12.5 Å². The van der Waals surface area contributed by atoms with Crippen molar-refractivity contribution in [3.63, 3.8) is 0 Å². The van der Waals surface area contributed by atoms with Gasteiger partial charge in [-0.25, -0.2) is 4.98 Å². The molecule has 1 aliphatic carbocycles. The zero-order valence-corrected chi connectivity index (χ0v) is 10.5. The molecular formula is C12H20N4O. The van der Waals surface area contributed by atoms with E-state index < -0.39 is 0 Å². The van der Waals surface area contributed by atoms with Gasteiger partial charge in [-0.15, -0.1) is 0 Å². The van der Waals surface area contributed by atoms with Crippen molar-refractivity contribution in [2.24, 2.45) is 0 Å². The van der Waals surface area contributed by atoms with Crippen LogP contribution in [-0.2, 0) is 17.9 Å². The van der Waals surface area contributed by atoms with Gasteiger partial charge in [-0.1, -0.05) is 0 Å². The van der Waals surface area contributed by atoms with Crippen LogP contribution in [0.3, 0.4) is 0 Å². The Kier molecular flexibility index (Phi) is 3.78. The number of nitrogens with one attached hydrogen (secondary N) is 1. The second-order valence-corrected chi connectivity index (χ2v) is 4.60. The number of carbonyl (C=O) groups is 1. The van der Waals surface area contributed by atoms with Gasteiger partial charge in [0.2, 0.25) is 5.91 Å². The standard InChI is InChI=1S/C12H20N4O/c1-3-15(2)12(17)8-16-7-11(14-9-16)6-13-10-4-5-10/h7,9-10,13H,3-6,8H2,1-2H3. The van der Waals surface area contributed by atoms with Crippen LogP contribution < -0.4 is 5.32 Å². The molecule has 1 fully saturated rings. The van der Waals surface area contributed by atoms with Gasteiger partial charge in [-0.3, -0.25) is 4.79 Å². The van der Waals surface area contributed by atoms with Crippen molar-refractivity contribution in [2.45, 2.75) is 38.9 Å². The zero-order chi connectivity index (χ0) is 12.3. The van der Waals surface area contributed by atoms with Crippen molar-refractivity contribution in [2.75, 3.05) is 13.6 Å². The minimum absolute atomic E-state index is 0.117. The molecule has 1 aromatic heterocycles. The third-order valence-electron chi connectivity index (χ3n) is 3.05. The van der Waals surface area contributed by atoms with Crippen LogP contribution in [0.25, 0.3) is 0 Å². The van der Waals surface area contributed by atoms with Crippen LogP contribution in [0.1, 0.15) is 25.5 Å². The van der Waals surface area contributed by atoms with Crippen molar-refractivity contribution in [1.29, 1.82) is 0 Å². The van der Waals surface area contributed by atoms with E-state index >= 15 is 0 Å². The third-order valence-corrected chi connectivity index (χ3v) is 3.05. The molecule has 17 heavy (non-hydrogen) atoms. The first-order valence-corrected chi connectivity index (χ1v) is 6.17. The summed E-state index contributed by atoms with van der Waals surface area (Å²) in [6, 6.07) is 0.688. The van der Waals surface area contributed by atoms with E-state index in [0.29, 0.717) is 12.6 Å². The Morgan fingerprint density at radius 1 is 1.65 bits per heavy atom. The molecule has 1 saturated carbocycles. The summed E-state index contributed by atoms with van der Waals surface area (Å²) in [5, 5.41) is 3.40. The predicted octanol–water partition coefficient (Wildman–Crippen LogP) is 0.613. The molecule has 0 atom stereocenters. The fraction of sp³-hybridized carbons (Fsp3) is 0.667. The van der Waals surface area contributed by atoms with E-state index in [4.69, 9.17) is 0 Å². The summed E-state index contributed by atoms with van der Waals surface area (Å²) in [6.07, 6.45) is 6.23. The van der Waals surface area contributed by atoms with Gasteiger partial charge in [-0.2, -0.15) is 0 Å². The summed E-state index contributed by atoms with van der Waals surface area (Å²) in [7, 11) is 1.81. The summed E-state index contributed by atoms with van der Waals surface area (Å²) in [6.45, 7) is 3.89. The number of amides is 1. The van der Waals surface area contributed by atoms with E-state index in [-0.39, 0.29) is 5.91 Å². The second kappa shape index (κ2) is 5.31. The molecule has 5 heteroatoms. The van der Waals surface area contributed by atoms with Crippen LogP contribution in [0.5, 0.6) is 0 Å². The van der Waals surface area contributed by atoms with E-state index in [1.165, 1.54) is 12.8 Å². The Bertz CT molecular complexity index is 384. The Balaban J connectivity index is 1.82. The number of hydrogen-bond acceptors (Lipinski definition) is 3. The molecule has 0 saturated heterocycles. The lowest BCUT2D eigenvalue weighted by atomic mass is 10.4. The maximum absolute atomic E-state index is 11.7. The van der Waals surface area contributed by atoms with E-state index in [2.05, 4.69) is 10.3 Å². The van der Waals surface area contributed by atoms with Gasteiger partial charge in [0.25, 0.3) is 0 Å². The van der Waals surface area contributed by atoms with Gasteiger partial charge in [0.05, 0.1) is 12.0 Å². The highest BCUT2D eigenvalue weighted by molar-refractivity contribution is 5.75. The molecule has 0 aromatic carbocycles. The van der Waals surface area contributed by atoms with E-state index in [0.717, 1.165) is 18.8 Å². The van der Waals surface area contributed by atoms with E-state index in [1.54, 1.807) is 11.2 Å². The maximum atomic E-state index is 11.7. The maximum Gasteiger partial charge on any atom is 0.242 e. The highest BCUT2D eigenvalue weighted by Crippen LogP contribution is 2.18. The Hall–Kier alpha value is -1.36. The van der Waals surface area contributed by atoms with E-state index in [1.807, 2.05) is 24.7 Å². The smallest absolute Gasteiger partial charge is 0.242 e. The lowest BCUT2D eigenvalue weighted by Crippen LogP contribution is -2.29. The van der Waals surface area contributed by atoms with E-state index in [9.17, 15) is 4.79 Å². The summed E-state index contributed by atoms with van der Waals surface area (Å²) >= 11 is 0. The normalized spacial score (nSPS) is 14.9. The molecule has 1 amide bonds. The summed E-state index contributed by atoms with van der Waals surface area (Å²) in [4.78, 5) is 17.7. The summed E-state index contributed by atoms with van der Waals surface area (Å²) in [5.41, 5.74) is 1.00. The number of aromatic nitrogens is 2. The molecule has 2 rings (SSSR count). The molecular weight excluding hydrogens is 216 g/mol. The fourth-order valence-electron chi connectivity index (χ4n) is 1.57. The van der Waals surface area contributed by atoms with Gasteiger partial charge < -0.3 is 14.8 Å².